The summed E-state index contributed by atoms with van der Waals surface area (Å²) >= 11 is 6.13. The number of aromatic nitrogens is 3. The predicted octanol–water partition coefficient (Wildman–Crippen LogP) is 2.07. The number of rotatable bonds is 6. The van der Waals surface area contributed by atoms with E-state index in [2.05, 4.69) is 19.9 Å². The Balaban J connectivity index is 1.54. The highest BCUT2D eigenvalue weighted by Gasteiger charge is 2.28. The normalized spacial score (nSPS) is 16.2. The van der Waals surface area contributed by atoms with E-state index in [0.29, 0.717) is 36.1 Å². The van der Waals surface area contributed by atoms with Gasteiger partial charge in [-0.3, -0.25) is 9.69 Å². The molecule has 2 N–H and O–H groups in total. The van der Waals surface area contributed by atoms with Gasteiger partial charge >= 0.3 is 0 Å². The Morgan fingerprint density at radius 2 is 2.07 bits per heavy atom. The lowest BCUT2D eigenvalue weighted by atomic mass is 10.2. The van der Waals surface area contributed by atoms with Crippen LogP contribution in [0.1, 0.15) is 11.9 Å². The number of ether oxygens (including phenoxy) is 1. The molecule has 0 spiro atoms. The first-order valence-corrected chi connectivity index (χ1v) is 9.84. The van der Waals surface area contributed by atoms with Gasteiger partial charge in [-0.2, -0.15) is 5.10 Å². The monoisotopic (exact) mass is 414 g/mol. The van der Waals surface area contributed by atoms with Crippen LogP contribution in [0.3, 0.4) is 0 Å². The van der Waals surface area contributed by atoms with Gasteiger partial charge in [0.1, 0.15) is 5.75 Å². The van der Waals surface area contributed by atoms with E-state index in [-0.39, 0.29) is 0 Å². The van der Waals surface area contributed by atoms with Gasteiger partial charge in [0.25, 0.3) is 0 Å². The number of methoxy groups -OCH3 is 1. The third-order valence-corrected chi connectivity index (χ3v) is 5.61. The quantitative estimate of drug-likeness (QED) is 0.617. The van der Waals surface area contributed by atoms with Crippen LogP contribution in [0.4, 0.5) is 5.69 Å². The van der Waals surface area contributed by atoms with Crippen LogP contribution in [0.15, 0.2) is 36.5 Å². The third-order valence-electron chi connectivity index (χ3n) is 5.30. The summed E-state index contributed by atoms with van der Waals surface area (Å²) in [6, 6.07) is 9.54. The molecule has 0 saturated carbocycles. The van der Waals surface area contributed by atoms with E-state index in [1.807, 2.05) is 30.3 Å². The molecule has 1 saturated heterocycles. The first-order valence-electron chi connectivity index (χ1n) is 9.46. The molecule has 4 rings (SSSR count). The lowest BCUT2D eigenvalue weighted by Gasteiger charge is -2.38. The summed E-state index contributed by atoms with van der Waals surface area (Å²) in [5.41, 5.74) is 8.30. The van der Waals surface area contributed by atoms with Crippen molar-refractivity contribution in [1.82, 2.24) is 19.7 Å². The number of aldehydes is 1. The molecule has 0 bridgehead atoms. The summed E-state index contributed by atoms with van der Waals surface area (Å²) in [5, 5.41) is 6.05. The molecule has 1 aliphatic heterocycles. The first-order chi connectivity index (χ1) is 14.2. The summed E-state index contributed by atoms with van der Waals surface area (Å²) in [5.74, 6) is 0.653. The van der Waals surface area contributed by atoms with Crippen LogP contribution in [0.25, 0.3) is 11.0 Å². The highest BCUT2D eigenvalue weighted by molar-refractivity contribution is 6.32. The van der Waals surface area contributed by atoms with Crippen LogP contribution in [0, 0.1) is 0 Å². The molecule has 1 atom stereocenters. The van der Waals surface area contributed by atoms with Crippen LogP contribution >= 0.6 is 11.6 Å². The first kappa shape index (κ1) is 19.6. The highest BCUT2D eigenvalue weighted by Crippen LogP contribution is 2.30. The topological polar surface area (TPSA) is 89.5 Å². The molecule has 8 nitrogen and oxygen atoms in total. The Bertz CT molecular complexity index is 1020. The second kappa shape index (κ2) is 8.36. The number of carbonyl (C=O) groups is 1. The van der Waals surface area contributed by atoms with Gasteiger partial charge in [-0.25, -0.2) is 9.67 Å². The maximum Gasteiger partial charge on any atom is 0.162 e. The van der Waals surface area contributed by atoms with Crippen molar-refractivity contribution in [2.45, 2.75) is 12.7 Å². The maximum atomic E-state index is 12.0. The molecule has 1 aliphatic rings. The zero-order valence-electron chi connectivity index (χ0n) is 16.2. The van der Waals surface area contributed by atoms with Crippen LogP contribution < -0.4 is 15.4 Å². The summed E-state index contributed by atoms with van der Waals surface area (Å²) in [7, 11) is 1.61. The number of hydrogen-bond donors (Lipinski definition) is 1. The molecule has 1 aromatic carbocycles. The standard InChI is InChI=1S/C20H23ClN6O2/c1-29-18-11-14(4-5-16(18)21)25-7-9-26(10-8-25)19(13-28)27-20-15(3-2-6-23-20)17(12-22)24-27/h2-6,11,13,19H,7-10,12,22H2,1H3. The van der Waals surface area contributed by atoms with Crippen molar-refractivity contribution < 1.29 is 9.53 Å². The summed E-state index contributed by atoms with van der Waals surface area (Å²) in [6.07, 6.45) is 2.10. The number of pyridine rings is 1. The van der Waals surface area contributed by atoms with Crippen molar-refractivity contribution in [3.8, 4) is 5.75 Å². The fraction of sp³-hybridized carbons (Fsp3) is 0.350. The van der Waals surface area contributed by atoms with Gasteiger partial charge in [0.15, 0.2) is 18.1 Å². The fourth-order valence-electron chi connectivity index (χ4n) is 3.76. The third kappa shape index (κ3) is 3.66. The number of anilines is 1. The summed E-state index contributed by atoms with van der Waals surface area (Å²) < 4.78 is 7.01. The Labute approximate surface area is 173 Å². The number of carbonyl (C=O) groups excluding carboxylic acids is 1. The van der Waals surface area contributed by atoms with E-state index in [1.54, 1.807) is 18.0 Å². The van der Waals surface area contributed by atoms with Crippen molar-refractivity contribution in [1.29, 1.82) is 0 Å². The number of fused-ring (bicyclic) bond motifs is 1. The lowest BCUT2D eigenvalue weighted by Crippen LogP contribution is -2.49. The molecule has 0 aliphatic carbocycles. The van der Waals surface area contributed by atoms with Gasteiger partial charge in [-0.15, -0.1) is 0 Å². The van der Waals surface area contributed by atoms with Crippen LogP contribution in [-0.2, 0) is 11.3 Å². The fourth-order valence-corrected chi connectivity index (χ4v) is 3.95. The minimum absolute atomic E-state index is 0.299. The highest BCUT2D eigenvalue weighted by atomic mass is 35.5. The Morgan fingerprint density at radius 3 is 2.76 bits per heavy atom. The van der Waals surface area contributed by atoms with Gasteiger partial charge in [-0.1, -0.05) is 11.6 Å². The van der Waals surface area contributed by atoms with Crippen molar-refractivity contribution >= 4 is 34.6 Å². The molecule has 9 heteroatoms. The second-order valence-corrected chi connectivity index (χ2v) is 7.27. The van der Waals surface area contributed by atoms with Crippen LogP contribution in [-0.4, -0.2) is 59.2 Å². The lowest BCUT2D eigenvalue weighted by molar-refractivity contribution is -0.115. The van der Waals surface area contributed by atoms with Gasteiger partial charge < -0.3 is 15.4 Å². The number of piperazine rings is 1. The molecule has 3 heterocycles. The molecule has 0 radical (unpaired) electrons. The molecule has 0 amide bonds. The van der Waals surface area contributed by atoms with E-state index < -0.39 is 6.17 Å². The van der Waals surface area contributed by atoms with E-state index in [4.69, 9.17) is 22.1 Å². The van der Waals surface area contributed by atoms with E-state index in [0.717, 1.165) is 36.1 Å². The molecule has 1 unspecified atom stereocenters. The number of benzene rings is 1. The van der Waals surface area contributed by atoms with E-state index in [9.17, 15) is 4.79 Å². The molecular weight excluding hydrogens is 392 g/mol. The van der Waals surface area contributed by atoms with Crippen LogP contribution in [0.5, 0.6) is 5.75 Å². The van der Waals surface area contributed by atoms with Crippen molar-refractivity contribution in [3.63, 3.8) is 0 Å². The summed E-state index contributed by atoms with van der Waals surface area (Å²) in [6.45, 7) is 3.25. The average Bonchev–Trinajstić information content (AvgIpc) is 3.14. The minimum atomic E-state index is -0.519. The van der Waals surface area contributed by atoms with E-state index >= 15 is 0 Å². The molecule has 152 valence electrons. The van der Waals surface area contributed by atoms with Gasteiger partial charge in [0.05, 0.1) is 17.8 Å². The second-order valence-electron chi connectivity index (χ2n) is 6.86. The SMILES string of the molecule is COc1cc(N2CCN(C(C=O)n3nc(CN)c4cccnc43)CC2)ccc1Cl. The van der Waals surface area contributed by atoms with Gasteiger partial charge in [0.2, 0.25) is 0 Å². The average molecular weight is 415 g/mol. The predicted molar refractivity (Wildman–Crippen MR) is 112 cm³/mol. The number of hydrogen-bond acceptors (Lipinski definition) is 7. The number of nitrogens with two attached hydrogens (primary N) is 1. The van der Waals surface area contributed by atoms with Gasteiger partial charge in [-0.05, 0) is 24.3 Å². The molecule has 2 aromatic heterocycles. The van der Waals surface area contributed by atoms with E-state index in [1.165, 1.54) is 0 Å². The van der Waals surface area contributed by atoms with Crippen molar-refractivity contribution in [2.24, 2.45) is 5.73 Å². The minimum Gasteiger partial charge on any atom is -0.495 e. The molecule has 29 heavy (non-hydrogen) atoms. The van der Waals surface area contributed by atoms with Crippen molar-refractivity contribution in [3.05, 3.63) is 47.2 Å². The Morgan fingerprint density at radius 1 is 1.28 bits per heavy atom. The molecule has 1 fully saturated rings. The zero-order chi connectivity index (χ0) is 20.4. The maximum absolute atomic E-state index is 12.0. The summed E-state index contributed by atoms with van der Waals surface area (Å²) in [4.78, 5) is 20.8. The van der Waals surface area contributed by atoms with Crippen molar-refractivity contribution in [2.75, 3.05) is 38.2 Å². The zero-order valence-corrected chi connectivity index (χ0v) is 16.9. The smallest absolute Gasteiger partial charge is 0.162 e. The number of halogens is 1. The Kier molecular flexibility index (Phi) is 5.66. The Hall–Kier alpha value is -2.68. The molecular formula is C20H23ClN6O2. The van der Waals surface area contributed by atoms with Gasteiger partial charge in [0, 0.05) is 56.1 Å². The largest absolute Gasteiger partial charge is 0.495 e. The molecule has 3 aromatic rings. The number of nitrogens with zero attached hydrogens (tertiary/aromatic N) is 5. The van der Waals surface area contributed by atoms with Crippen LogP contribution in [0.2, 0.25) is 5.02 Å².